The Bertz CT molecular complexity index is 788. The van der Waals surface area contributed by atoms with Crippen LogP contribution in [-0.4, -0.2) is 5.91 Å². The van der Waals surface area contributed by atoms with Crippen molar-refractivity contribution in [2.75, 3.05) is 5.32 Å². The molecule has 0 heterocycles. The first kappa shape index (κ1) is 16.8. The summed E-state index contributed by atoms with van der Waals surface area (Å²) in [4.78, 5) is 12.1. The monoisotopic (exact) mass is 342 g/mol. The van der Waals surface area contributed by atoms with Crippen molar-refractivity contribution >= 4 is 40.9 Å². The van der Waals surface area contributed by atoms with Crippen molar-refractivity contribution in [2.45, 2.75) is 0 Å². The van der Waals surface area contributed by atoms with Gasteiger partial charge in [-0.2, -0.15) is 5.26 Å². The molecule has 23 heavy (non-hydrogen) atoms. The van der Waals surface area contributed by atoms with Gasteiger partial charge in [-0.15, -0.1) is 0 Å². The van der Waals surface area contributed by atoms with E-state index in [0.717, 1.165) is 5.56 Å². The predicted molar refractivity (Wildman–Crippen MR) is 94.0 cm³/mol. The van der Waals surface area contributed by atoms with Crippen molar-refractivity contribution in [1.29, 1.82) is 5.26 Å². The first-order valence-corrected chi connectivity index (χ1v) is 7.45. The summed E-state index contributed by atoms with van der Waals surface area (Å²) in [6, 6.07) is 17.8. The highest BCUT2D eigenvalue weighted by Crippen LogP contribution is 2.16. The summed E-state index contributed by atoms with van der Waals surface area (Å²) in [5, 5.41) is 12.6. The lowest BCUT2D eigenvalue weighted by molar-refractivity contribution is -0.112. The van der Waals surface area contributed by atoms with Crippen molar-refractivity contribution in [3.8, 4) is 6.07 Å². The van der Waals surface area contributed by atoms with E-state index in [1.165, 1.54) is 6.08 Å². The van der Waals surface area contributed by atoms with E-state index in [1.54, 1.807) is 30.3 Å². The number of anilines is 1. The van der Waals surface area contributed by atoms with Gasteiger partial charge in [0, 0.05) is 15.7 Å². The van der Waals surface area contributed by atoms with Gasteiger partial charge in [-0.25, -0.2) is 0 Å². The summed E-state index contributed by atoms with van der Waals surface area (Å²) < 4.78 is 0. The highest BCUT2D eigenvalue weighted by molar-refractivity contribution is 6.33. The van der Waals surface area contributed by atoms with Gasteiger partial charge in [-0.3, -0.25) is 4.79 Å². The molecule has 1 amide bonds. The molecule has 0 aromatic heterocycles. The lowest BCUT2D eigenvalue weighted by atomic mass is 10.2. The molecule has 0 aliphatic rings. The first-order chi connectivity index (χ1) is 11.1. The highest BCUT2D eigenvalue weighted by atomic mass is 35.5. The third-order valence-electron chi connectivity index (χ3n) is 2.85. The maximum Gasteiger partial charge on any atom is 0.266 e. The van der Waals surface area contributed by atoms with Crippen molar-refractivity contribution in [3.05, 3.63) is 81.9 Å². The zero-order valence-electron chi connectivity index (χ0n) is 12.0. The summed E-state index contributed by atoms with van der Waals surface area (Å²) in [5.41, 5.74) is 1.34. The maximum atomic E-state index is 12.1. The van der Waals surface area contributed by atoms with E-state index in [2.05, 4.69) is 5.32 Å². The third kappa shape index (κ3) is 5.30. The second-order valence-electron chi connectivity index (χ2n) is 4.57. The molecule has 2 aromatic carbocycles. The number of hydrogen-bond donors (Lipinski definition) is 1. The lowest BCUT2D eigenvalue weighted by Gasteiger charge is -2.04. The smallest absolute Gasteiger partial charge is 0.266 e. The molecule has 2 aromatic rings. The summed E-state index contributed by atoms with van der Waals surface area (Å²) in [6.07, 6.45) is 3.01. The molecular weight excluding hydrogens is 331 g/mol. The normalized spacial score (nSPS) is 11.7. The molecule has 0 bridgehead atoms. The second kappa shape index (κ2) is 8.19. The molecule has 0 unspecified atom stereocenters. The van der Waals surface area contributed by atoms with Crippen LogP contribution in [0.2, 0.25) is 5.02 Å². The molecular formula is C18H12Cl2N2O. The SMILES string of the molecule is N#C/C(=C\C(Cl)=C\c1ccccc1)C(=O)Nc1ccc(Cl)cc1. The minimum absolute atomic E-state index is 0.0860. The topological polar surface area (TPSA) is 52.9 Å². The summed E-state index contributed by atoms with van der Waals surface area (Å²) in [6.45, 7) is 0. The fourth-order valence-corrected chi connectivity index (χ4v) is 2.13. The molecule has 0 saturated heterocycles. The number of allylic oxidation sites excluding steroid dienone is 2. The Labute approximate surface area is 144 Å². The van der Waals surface area contributed by atoms with Crippen LogP contribution in [-0.2, 0) is 4.79 Å². The van der Waals surface area contributed by atoms with Crippen LogP contribution in [0.3, 0.4) is 0 Å². The predicted octanol–water partition coefficient (Wildman–Crippen LogP) is 5.01. The van der Waals surface area contributed by atoms with Gasteiger partial charge >= 0.3 is 0 Å². The summed E-state index contributed by atoms with van der Waals surface area (Å²) >= 11 is 11.9. The molecule has 5 heteroatoms. The van der Waals surface area contributed by atoms with E-state index in [4.69, 9.17) is 28.5 Å². The number of carbonyl (C=O) groups excluding carboxylic acids is 1. The van der Waals surface area contributed by atoms with E-state index in [1.807, 2.05) is 36.4 Å². The highest BCUT2D eigenvalue weighted by Gasteiger charge is 2.09. The van der Waals surface area contributed by atoms with Gasteiger partial charge in [0.05, 0.1) is 0 Å². The van der Waals surface area contributed by atoms with E-state index in [0.29, 0.717) is 15.7 Å². The quantitative estimate of drug-likeness (QED) is 0.482. The Hall–Kier alpha value is -2.54. The van der Waals surface area contributed by atoms with E-state index < -0.39 is 5.91 Å². The molecule has 0 fully saturated rings. The van der Waals surface area contributed by atoms with Crippen LogP contribution in [0, 0.1) is 11.3 Å². The molecule has 1 N–H and O–H groups in total. The molecule has 0 aliphatic heterocycles. The number of nitriles is 1. The minimum Gasteiger partial charge on any atom is -0.321 e. The van der Waals surface area contributed by atoms with Crippen LogP contribution in [0.25, 0.3) is 6.08 Å². The van der Waals surface area contributed by atoms with Gasteiger partial charge in [-0.1, -0.05) is 53.5 Å². The number of halogens is 2. The minimum atomic E-state index is -0.533. The van der Waals surface area contributed by atoms with E-state index in [9.17, 15) is 4.79 Å². The third-order valence-corrected chi connectivity index (χ3v) is 3.32. The number of nitrogens with one attached hydrogen (secondary N) is 1. The second-order valence-corrected chi connectivity index (χ2v) is 5.44. The Morgan fingerprint density at radius 1 is 1.09 bits per heavy atom. The molecule has 0 radical (unpaired) electrons. The molecule has 0 atom stereocenters. The number of carbonyl (C=O) groups is 1. The van der Waals surface area contributed by atoms with Crippen LogP contribution in [0.1, 0.15) is 5.56 Å². The molecule has 2 rings (SSSR count). The van der Waals surface area contributed by atoms with Gasteiger partial charge in [-0.05, 0) is 42.0 Å². The first-order valence-electron chi connectivity index (χ1n) is 6.69. The van der Waals surface area contributed by atoms with Gasteiger partial charge in [0.1, 0.15) is 11.6 Å². The van der Waals surface area contributed by atoms with Crippen LogP contribution in [0.4, 0.5) is 5.69 Å². The van der Waals surface area contributed by atoms with Crippen LogP contribution in [0.5, 0.6) is 0 Å². The van der Waals surface area contributed by atoms with Gasteiger partial charge in [0.2, 0.25) is 0 Å². The van der Waals surface area contributed by atoms with E-state index in [-0.39, 0.29) is 5.57 Å². The number of hydrogen-bond acceptors (Lipinski definition) is 2. The Kier molecular flexibility index (Phi) is 5.99. The molecule has 3 nitrogen and oxygen atoms in total. The Morgan fingerprint density at radius 2 is 1.74 bits per heavy atom. The number of rotatable bonds is 4. The average Bonchev–Trinajstić information content (AvgIpc) is 2.55. The van der Waals surface area contributed by atoms with Crippen LogP contribution < -0.4 is 5.32 Å². The van der Waals surface area contributed by atoms with Crippen molar-refractivity contribution < 1.29 is 4.79 Å². The standard InChI is InChI=1S/C18H12Cl2N2O/c19-15-6-8-17(9-7-15)22-18(23)14(12-21)11-16(20)10-13-4-2-1-3-5-13/h1-11H,(H,22,23)/b14-11+,16-10-. The molecule has 0 spiro atoms. The summed E-state index contributed by atoms with van der Waals surface area (Å²) in [5.74, 6) is -0.533. The van der Waals surface area contributed by atoms with Crippen molar-refractivity contribution in [2.24, 2.45) is 0 Å². The maximum absolute atomic E-state index is 12.1. The van der Waals surface area contributed by atoms with Crippen molar-refractivity contribution in [1.82, 2.24) is 0 Å². The van der Waals surface area contributed by atoms with Gasteiger partial charge in [0.25, 0.3) is 5.91 Å². The molecule has 114 valence electrons. The number of benzene rings is 2. The van der Waals surface area contributed by atoms with Crippen LogP contribution >= 0.6 is 23.2 Å². The van der Waals surface area contributed by atoms with Gasteiger partial charge < -0.3 is 5.32 Å². The Morgan fingerprint density at radius 3 is 2.35 bits per heavy atom. The largest absolute Gasteiger partial charge is 0.321 e. The fourth-order valence-electron chi connectivity index (χ4n) is 1.77. The molecule has 0 saturated carbocycles. The summed E-state index contributed by atoms with van der Waals surface area (Å²) in [7, 11) is 0. The zero-order chi connectivity index (χ0) is 16.7. The number of nitrogens with zero attached hydrogens (tertiary/aromatic N) is 1. The van der Waals surface area contributed by atoms with Gasteiger partial charge in [0.15, 0.2) is 0 Å². The van der Waals surface area contributed by atoms with Crippen molar-refractivity contribution in [3.63, 3.8) is 0 Å². The lowest BCUT2D eigenvalue weighted by Crippen LogP contribution is -2.13. The molecule has 0 aliphatic carbocycles. The number of amides is 1. The Balaban J connectivity index is 2.15. The zero-order valence-corrected chi connectivity index (χ0v) is 13.5. The average molecular weight is 343 g/mol. The van der Waals surface area contributed by atoms with E-state index >= 15 is 0 Å². The fraction of sp³-hybridized carbons (Fsp3) is 0. The van der Waals surface area contributed by atoms with Crippen LogP contribution in [0.15, 0.2) is 71.3 Å².